The molecule has 1 N–H and O–H groups in total. The lowest BCUT2D eigenvalue weighted by atomic mass is 9.85. The molecule has 5 rings (SSSR count). The van der Waals surface area contributed by atoms with Gasteiger partial charge in [0.2, 0.25) is 0 Å². The summed E-state index contributed by atoms with van der Waals surface area (Å²) in [6.07, 6.45) is -3.70. The van der Waals surface area contributed by atoms with Gasteiger partial charge < -0.3 is 15.0 Å². The zero-order chi connectivity index (χ0) is 27.9. The maximum atomic E-state index is 14.5. The fourth-order valence-corrected chi connectivity index (χ4v) is 5.12. The molecule has 1 atom stereocenters. The summed E-state index contributed by atoms with van der Waals surface area (Å²) in [7, 11) is 1.44. The molecule has 204 valence electrons. The minimum Gasteiger partial charge on any atom is -0.399 e. The Morgan fingerprint density at radius 3 is 2.44 bits per heavy atom. The largest absolute Gasteiger partial charge is 0.435 e. The first-order valence-corrected chi connectivity index (χ1v) is 12.7. The van der Waals surface area contributed by atoms with Crippen LogP contribution in [0.3, 0.4) is 0 Å². The Balaban J connectivity index is 1.48. The highest BCUT2D eigenvalue weighted by atomic mass is 35.5. The van der Waals surface area contributed by atoms with Crippen molar-refractivity contribution in [2.75, 3.05) is 13.7 Å². The molecule has 0 radical (unpaired) electrons. The number of oxime groups is 2. The Bertz CT molecular complexity index is 1500. The van der Waals surface area contributed by atoms with Crippen molar-refractivity contribution < 1.29 is 32.0 Å². The van der Waals surface area contributed by atoms with Crippen molar-refractivity contribution in [2.24, 2.45) is 16.2 Å². The Hall–Kier alpha value is -3.37. The van der Waals surface area contributed by atoms with Crippen molar-refractivity contribution >= 4 is 51.3 Å². The molecule has 1 unspecified atom stereocenters. The molecule has 3 aromatic rings. The summed E-state index contributed by atoms with van der Waals surface area (Å²) in [5.41, 5.74) is -1.98. The van der Waals surface area contributed by atoms with Gasteiger partial charge in [0.15, 0.2) is 5.82 Å². The number of nitrogens with zero attached hydrogens (tertiary/aromatic N) is 2. The molecule has 0 saturated heterocycles. The second-order valence-corrected chi connectivity index (χ2v) is 10.1. The number of benzene rings is 3. The quantitative estimate of drug-likeness (QED) is 0.141. The molecule has 0 spiro atoms. The number of amides is 1. The van der Waals surface area contributed by atoms with Crippen LogP contribution in [-0.4, -0.2) is 37.2 Å². The molecule has 6 nitrogen and oxygen atoms in total. The van der Waals surface area contributed by atoms with Crippen molar-refractivity contribution in [1.82, 2.24) is 5.32 Å². The van der Waals surface area contributed by atoms with E-state index in [0.29, 0.717) is 21.9 Å². The van der Waals surface area contributed by atoms with Gasteiger partial charge in [-0.15, -0.1) is 0 Å². The van der Waals surface area contributed by atoms with E-state index in [0.717, 1.165) is 30.7 Å². The summed E-state index contributed by atoms with van der Waals surface area (Å²) in [6, 6.07) is 11.5. The number of halogens is 6. The lowest BCUT2D eigenvalue weighted by Crippen LogP contribution is -2.42. The summed E-state index contributed by atoms with van der Waals surface area (Å²) in [5, 5.41) is 10.5. The van der Waals surface area contributed by atoms with Crippen molar-refractivity contribution in [3.05, 3.63) is 81.1 Å². The van der Waals surface area contributed by atoms with Crippen LogP contribution < -0.4 is 5.32 Å². The topological polar surface area (TPSA) is 72.3 Å². The van der Waals surface area contributed by atoms with Gasteiger partial charge in [-0.2, -0.15) is 13.2 Å². The van der Waals surface area contributed by atoms with E-state index >= 15 is 0 Å². The zero-order valence-corrected chi connectivity index (χ0v) is 21.9. The molecule has 39 heavy (non-hydrogen) atoms. The van der Waals surface area contributed by atoms with Crippen LogP contribution in [0.1, 0.15) is 40.7 Å². The molecular weight excluding hydrogens is 561 g/mol. The van der Waals surface area contributed by atoms with E-state index in [-0.39, 0.29) is 24.1 Å². The molecule has 3 aromatic carbocycles. The highest BCUT2D eigenvalue weighted by Crippen LogP contribution is 2.50. The van der Waals surface area contributed by atoms with Crippen LogP contribution in [0.5, 0.6) is 0 Å². The van der Waals surface area contributed by atoms with Crippen LogP contribution in [0.4, 0.5) is 17.6 Å². The molecule has 0 aromatic heterocycles. The summed E-state index contributed by atoms with van der Waals surface area (Å²) < 4.78 is 57.3. The molecule has 1 amide bonds. The minimum absolute atomic E-state index is 0.00435. The number of carbonyl (C=O) groups excluding carboxylic acids is 1. The van der Waals surface area contributed by atoms with E-state index in [1.54, 1.807) is 24.3 Å². The first-order chi connectivity index (χ1) is 18.6. The molecule has 2 aliphatic rings. The Kier molecular flexibility index (Phi) is 7.19. The molecule has 12 heteroatoms. The first-order valence-electron chi connectivity index (χ1n) is 11.9. The van der Waals surface area contributed by atoms with Crippen molar-refractivity contribution in [1.29, 1.82) is 0 Å². The van der Waals surface area contributed by atoms with Gasteiger partial charge in [-0.1, -0.05) is 63.8 Å². The number of fused-ring (bicyclic) bond motifs is 1. The first kappa shape index (κ1) is 27.2. The third-order valence-electron chi connectivity index (χ3n) is 6.80. The Morgan fingerprint density at radius 1 is 1.15 bits per heavy atom. The number of rotatable bonds is 7. The second kappa shape index (κ2) is 10.3. The summed E-state index contributed by atoms with van der Waals surface area (Å²) in [4.78, 5) is 23.0. The molecule has 1 aliphatic carbocycles. The van der Waals surface area contributed by atoms with Gasteiger partial charge in [-0.3, -0.25) is 4.79 Å². The maximum absolute atomic E-state index is 14.5. The van der Waals surface area contributed by atoms with Gasteiger partial charge >= 0.3 is 6.18 Å². The number of carbonyl (C=O) groups is 1. The lowest BCUT2D eigenvalue weighted by Gasteiger charge is -2.29. The Labute approximate surface area is 230 Å². The SMILES string of the molecule is CO/N=C(/CNC(=O)c1ccc(C2=NOC(c3cc(Cl)c(F)c(Cl)c3)(C(F)(F)F)C2)c2ccccc12)C1CC1. The number of hydrogen-bond donors (Lipinski definition) is 1. The molecule has 0 bridgehead atoms. The predicted octanol–water partition coefficient (Wildman–Crippen LogP) is 7.01. The van der Waals surface area contributed by atoms with Gasteiger partial charge in [0, 0.05) is 29.0 Å². The lowest BCUT2D eigenvalue weighted by molar-refractivity contribution is -0.275. The van der Waals surface area contributed by atoms with Gasteiger partial charge in [-0.05, 0) is 41.8 Å². The van der Waals surface area contributed by atoms with Crippen LogP contribution in [0.15, 0.2) is 58.8 Å². The van der Waals surface area contributed by atoms with Crippen molar-refractivity contribution in [2.45, 2.75) is 31.0 Å². The Morgan fingerprint density at radius 2 is 1.82 bits per heavy atom. The summed E-state index contributed by atoms with van der Waals surface area (Å²) in [6.45, 7) is 0.213. The van der Waals surface area contributed by atoms with Crippen molar-refractivity contribution in [3.63, 3.8) is 0 Å². The smallest absolute Gasteiger partial charge is 0.399 e. The van der Waals surface area contributed by atoms with E-state index in [4.69, 9.17) is 32.9 Å². The molecular formula is C27H21Cl2F4N3O3. The number of hydrogen-bond acceptors (Lipinski definition) is 5. The van der Waals surface area contributed by atoms with Crippen LogP contribution in [0, 0.1) is 11.7 Å². The third-order valence-corrected chi connectivity index (χ3v) is 7.35. The third kappa shape index (κ3) is 5.03. The van der Waals surface area contributed by atoms with Gasteiger partial charge in [-0.25, -0.2) is 4.39 Å². The highest BCUT2D eigenvalue weighted by molar-refractivity contribution is 6.35. The van der Waals surface area contributed by atoms with Crippen LogP contribution >= 0.6 is 23.2 Å². The van der Waals surface area contributed by atoms with Crippen LogP contribution in [0.25, 0.3) is 10.8 Å². The molecule has 1 fully saturated rings. The van der Waals surface area contributed by atoms with E-state index in [2.05, 4.69) is 15.6 Å². The van der Waals surface area contributed by atoms with Gasteiger partial charge in [0.1, 0.15) is 7.11 Å². The average Bonchev–Trinajstić information content (AvgIpc) is 3.65. The standard InChI is InChI=1S/C27H21Cl2F4N3O3/c1-38-35-23(14-6-7-14)13-34-25(37)19-9-8-18(16-4-2-3-5-17(16)19)22-12-26(39-36-22,27(31,32)33)15-10-20(28)24(30)21(29)11-15/h2-5,8-11,14H,6-7,12-13H2,1H3,(H,34,37)/b35-23-. The van der Waals surface area contributed by atoms with Gasteiger partial charge in [0.25, 0.3) is 11.5 Å². The second-order valence-electron chi connectivity index (χ2n) is 9.31. The monoisotopic (exact) mass is 581 g/mol. The molecule has 1 saturated carbocycles. The van der Waals surface area contributed by atoms with Gasteiger partial charge in [0.05, 0.1) is 28.0 Å². The summed E-state index contributed by atoms with van der Waals surface area (Å²) in [5.74, 6) is -1.12. The highest BCUT2D eigenvalue weighted by Gasteiger charge is 2.62. The van der Waals surface area contributed by atoms with Crippen molar-refractivity contribution in [3.8, 4) is 0 Å². The summed E-state index contributed by atoms with van der Waals surface area (Å²) >= 11 is 11.6. The zero-order valence-electron chi connectivity index (χ0n) is 20.4. The number of alkyl halides is 3. The molecule has 1 aliphatic heterocycles. The van der Waals surface area contributed by atoms with Crippen LogP contribution in [0.2, 0.25) is 10.0 Å². The fourth-order valence-electron chi connectivity index (χ4n) is 4.64. The normalized spacial score (nSPS) is 19.6. The molecule has 1 heterocycles. The average molecular weight is 582 g/mol. The van der Waals surface area contributed by atoms with E-state index in [1.807, 2.05) is 0 Å². The van der Waals surface area contributed by atoms with E-state index < -0.39 is 39.6 Å². The van der Waals surface area contributed by atoms with E-state index in [1.165, 1.54) is 19.2 Å². The predicted molar refractivity (Wildman–Crippen MR) is 140 cm³/mol. The van der Waals surface area contributed by atoms with Crippen LogP contribution in [-0.2, 0) is 15.3 Å². The fraction of sp³-hybridized carbons (Fsp3) is 0.296. The minimum atomic E-state index is -4.94. The number of nitrogens with one attached hydrogen (secondary N) is 1. The van der Waals surface area contributed by atoms with E-state index in [9.17, 15) is 22.4 Å². The maximum Gasteiger partial charge on any atom is 0.435 e.